The lowest BCUT2D eigenvalue weighted by molar-refractivity contribution is 0.0956. The van der Waals surface area contributed by atoms with Crippen molar-refractivity contribution in [1.29, 1.82) is 0 Å². The minimum absolute atomic E-state index is 0. The summed E-state index contributed by atoms with van der Waals surface area (Å²) in [5.74, 6) is -0.169. The van der Waals surface area contributed by atoms with Crippen LogP contribution in [0.4, 0.5) is 10.5 Å². The smallest absolute Gasteiger partial charge is 0.316 e. The maximum atomic E-state index is 12.0. The van der Waals surface area contributed by atoms with Crippen molar-refractivity contribution in [2.75, 3.05) is 25.0 Å². The number of hydrogen-bond acceptors (Lipinski definition) is 3. The molecule has 0 spiro atoms. The fourth-order valence-corrected chi connectivity index (χ4v) is 2.01. The van der Waals surface area contributed by atoms with E-state index in [1.165, 1.54) is 5.57 Å². The summed E-state index contributed by atoms with van der Waals surface area (Å²) in [5.41, 5.74) is 7.27. The first-order chi connectivity index (χ1) is 9.65. The van der Waals surface area contributed by atoms with E-state index < -0.39 is 6.03 Å². The van der Waals surface area contributed by atoms with Gasteiger partial charge in [0.25, 0.3) is 5.91 Å². The Labute approximate surface area is 129 Å². The zero-order valence-electron chi connectivity index (χ0n) is 11.5. The topological polar surface area (TPSA) is 96.2 Å². The molecule has 0 aliphatic carbocycles. The fraction of sp³-hybridized carbons (Fsp3) is 0.286. The van der Waals surface area contributed by atoms with Crippen LogP contribution in [0.15, 0.2) is 35.9 Å². The normalized spacial score (nSPS) is 13.6. The van der Waals surface area contributed by atoms with E-state index in [0.717, 1.165) is 19.5 Å². The molecular weight excluding hydrogens is 292 g/mol. The van der Waals surface area contributed by atoms with Gasteiger partial charge in [-0.25, -0.2) is 4.79 Å². The molecule has 0 saturated carbocycles. The van der Waals surface area contributed by atoms with Crippen LogP contribution < -0.4 is 21.7 Å². The number of halogens is 1. The Bertz CT molecular complexity index is 546. The monoisotopic (exact) mass is 310 g/mol. The molecule has 7 heteroatoms. The Morgan fingerprint density at radius 1 is 1.33 bits per heavy atom. The van der Waals surface area contributed by atoms with Gasteiger partial charge in [-0.3, -0.25) is 4.79 Å². The van der Waals surface area contributed by atoms with Gasteiger partial charge in [-0.1, -0.05) is 17.7 Å². The number of rotatable bonds is 4. The van der Waals surface area contributed by atoms with Gasteiger partial charge in [0.05, 0.1) is 0 Å². The molecule has 0 saturated heterocycles. The van der Waals surface area contributed by atoms with Gasteiger partial charge in [0.2, 0.25) is 0 Å². The summed E-state index contributed by atoms with van der Waals surface area (Å²) in [6.07, 6.45) is 3.04. The van der Waals surface area contributed by atoms with Crippen molar-refractivity contribution in [2.45, 2.75) is 6.42 Å². The standard InChI is InChI=1S/C14H18N4O2.ClH/c15-14(20)18-12-3-1-2-11(8-12)13(19)17-9-10-4-6-16-7-5-10;/h1-4,8,16H,5-7,9H2,(H,17,19)(H3,15,18,20);1H. The van der Waals surface area contributed by atoms with Crippen LogP contribution >= 0.6 is 12.4 Å². The Morgan fingerprint density at radius 2 is 2.14 bits per heavy atom. The van der Waals surface area contributed by atoms with Crippen molar-refractivity contribution in [2.24, 2.45) is 5.73 Å². The van der Waals surface area contributed by atoms with Gasteiger partial charge < -0.3 is 21.7 Å². The molecule has 0 aromatic heterocycles. The second-order valence-electron chi connectivity index (χ2n) is 4.57. The number of benzene rings is 1. The number of primary amides is 1. The van der Waals surface area contributed by atoms with E-state index in [2.05, 4.69) is 22.0 Å². The second-order valence-corrected chi connectivity index (χ2v) is 4.57. The third kappa shape index (κ3) is 5.45. The van der Waals surface area contributed by atoms with Crippen LogP contribution in [0.2, 0.25) is 0 Å². The minimum Gasteiger partial charge on any atom is -0.351 e. The molecule has 5 N–H and O–H groups in total. The van der Waals surface area contributed by atoms with Crippen molar-refractivity contribution in [3.8, 4) is 0 Å². The molecule has 0 bridgehead atoms. The van der Waals surface area contributed by atoms with Crippen molar-refractivity contribution in [3.05, 3.63) is 41.5 Å². The first-order valence-electron chi connectivity index (χ1n) is 6.48. The third-order valence-corrected chi connectivity index (χ3v) is 3.03. The molecular formula is C14H19ClN4O2. The molecule has 6 nitrogen and oxygen atoms in total. The average molecular weight is 311 g/mol. The van der Waals surface area contributed by atoms with Gasteiger partial charge in [-0.2, -0.15) is 0 Å². The fourth-order valence-electron chi connectivity index (χ4n) is 2.01. The summed E-state index contributed by atoms with van der Waals surface area (Å²) >= 11 is 0. The van der Waals surface area contributed by atoms with Gasteiger partial charge in [-0.05, 0) is 31.2 Å². The van der Waals surface area contributed by atoms with Crippen LogP contribution in [0.1, 0.15) is 16.8 Å². The molecule has 1 aliphatic rings. The maximum absolute atomic E-state index is 12.0. The van der Waals surface area contributed by atoms with Gasteiger partial charge in [0.15, 0.2) is 0 Å². The summed E-state index contributed by atoms with van der Waals surface area (Å²) in [7, 11) is 0. The number of carbonyl (C=O) groups excluding carboxylic acids is 2. The van der Waals surface area contributed by atoms with E-state index in [1.807, 2.05) is 0 Å². The minimum atomic E-state index is -0.651. The van der Waals surface area contributed by atoms with Gasteiger partial charge in [0, 0.05) is 24.3 Å². The quantitative estimate of drug-likeness (QED) is 0.630. The lowest BCUT2D eigenvalue weighted by atomic mass is 10.1. The zero-order valence-corrected chi connectivity index (χ0v) is 12.3. The zero-order chi connectivity index (χ0) is 14.4. The maximum Gasteiger partial charge on any atom is 0.316 e. The van der Waals surface area contributed by atoms with Gasteiger partial charge in [0.1, 0.15) is 0 Å². The van der Waals surface area contributed by atoms with E-state index in [4.69, 9.17) is 5.73 Å². The highest BCUT2D eigenvalue weighted by Crippen LogP contribution is 2.10. The molecule has 1 aromatic rings. The Kier molecular flexibility index (Phi) is 6.71. The number of amides is 3. The molecule has 2 rings (SSSR count). The van der Waals surface area contributed by atoms with E-state index in [9.17, 15) is 9.59 Å². The molecule has 3 amide bonds. The van der Waals surface area contributed by atoms with Crippen LogP contribution in [-0.4, -0.2) is 31.6 Å². The summed E-state index contributed by atoms with van der Waals surface area (Å²) < 4.78 is 0. The van der Waals surface area contributed by atoms with Crippen LogP contribution in [0.3, 0.4) is 0 Å². The largest absolute Gasteiger partial charge is 0.351 e. The number of urea groups is 1. The summed E-state index contributed by atoms with van der Waals surface area (Å²) in [6.45, 7) is 2.34. The van der Waals surface area contributed by atoms with Crippen molar-refractivity contribution >= 4 is 30.0 Å². The Hall–Kier alpha value is -2.05. The highest BCUT2D eigenvalue weighted by atomic mass is 35.5. The summed E-state index contributed by atoms with van der Waals surface area (Å²) in [5, 5.41) is 8.53. The van der Waals surface area contributed by atoms with Crippen molar-refractivity contribution in [3.63, 3.8) is 0 Å². The van der Waals surface area contributed by atoms with Crippen molar-refractivity contribution in [1.82, 2.24) is 10.6 Å². The second kappa shape index (κ2) is 8.28. The van der Waals surface area contributed by atoms with Crippen LogP contribution in [0.25, 0.3) is 0 Å². The van der Waals surface area contributed by atoms with Gasteiger partial charge >= 0.3 is 6.03 Å². The average Bonchev–Trinajstić information content (AvgIpc) is 2.45. The van der Waals surface area contributed by atoms with Crippen LogP contribution in [-0.2, 0) is 0 Å². The number of nitrogens with one attached hydrogen (secondary N) is 3. The van der Waals surface area contributed by atoms with E-state index >= 15 is 0 Å². The highest BCUT2D eigenvalue weighted by Gasteiger charge is 2.08. The summed E-state index contributed by atoms with van der Waals surface area (Å²) in [6, 6.07) is 6.01. The number of hydrogen-bond donors (Lipinski definition) is 4. The Balaban J connectivity index is 0.00000220. The molecule has 114 valence electrons. The molecule has 1 aromatic carbocycles. The number of nitrogens with two attached hydrogens (primary N) is 1. The molecule has 0 radical (unpaired) electrons. The first kappa shape index (κ1) is 17.0. The SMILES string of the molecule is Cl.NC(=O)Nc1cccc(C(=O)NCC2=CCNCC2)c1. The lowest BCUT2D eigenvalue weighted by Gasteiger charge is -2.14. The predicted octanol–water partition coefficient (Wildman–Crippen LogP) is 1.25. The molecule has 1 heterocycles. The van der Waals surface area contributed by atoms with E-state index in [0.29, 0.717) is 17.8 Å². The number of carbonyl (C=O) groups is 2. The van der Waals surface area contributed by atoms with Crippen LogP contribution in [0.5, 0.6) is 0 Å². The molecule has 0 unspecified atom stereocenters. The predicted molar refractivity (Wildman–Crippen MR) is 84.8 cm³/mol. The lowest BCUT2D eigenvalue weighted by Crippen LogP contribution is -2.29. The van der Waals surface area contributed by atoms with Crippen LogP contribution in [0, 0.1) is 0 Å². The summed E-state index contributed by atoms with van der Waals surface area (Å²) in [4.78, 5) is 22.8. The Morgan fingerprint density at radius 3 is 2.81 bits per heavy atom. The third-order valence-electron chi connectivity index (χ3n) is 3.03. The van der Waals surface area contributed by atoms with Crippen molar-refractivity contribution < 1.29 is 9.59 Å². The highest BCUT2D eigenvalue weighted by molar-refractivity contribution is 5.96. The first-order valence-corrected chi connectivity index (χ1v) is 6.48. The van der Waals surface area contributed by atoms with E-state index in [-0.39, 0.29) is 18.3 Å². The van der Waals surface area contributed by atoms with E-state index in [1.54, 1.807) is 24.3 Å². The van der Waals surface area contributed by atoms with Gasteiger partial charge in [-0.15, -0.1) is 12.4 Å². The molecule has 0 atom stereocenters. The molecule has 21 heavy (non-hydrogen) atoms. The number of anilines is 1. The molecule has 1 aliphatic heterocycles. The molecule has 0 fully saturated rings.